The summed E-state index contributed by atoms with van der Waals surface area (Å²) in [7, 11) is 4.14. The van der Waals surface area contributed by atoms with Crippen LogP contribution in [0, 0.1) is 6.92 Å². The van der Waals surface area contributed by atoms with E-state index in [1.54, 1.807) is 11.8 Å². The van der Waals surface area contributed by atoms with Gasteiger partial charge in [-0.25, -0.2) is 0 Å². The van der Waals surface area contributed by atoms with E-state index in [2.05, 4.69) is 45.8 Å². The number of aromatic nitrogens is 3. The van der Waals surface area contributed by atoms with Gasteiger partial charge >= 0.3 is 0 Å². The van der Waals surface area contributed by atoms with Crippen molar-refractivity contribution in [3.63, 3.8) is 0 Å². The van der Waals surface area contributed by atoms with E-state index in [4.69, 9.17) is 4.74 Å². The Bertz CT molecular complexity index is 816. The lowest BCUT2D eigenvalue weighted by molar-refractivity contribution is 0.308. The van der Waals surface area contributed by atoms with E-state index >= 15 is 0 Å². The quantitative estimate of drug-likeness (QED) is 0.410. The first-order valence-corrected chi connectivity index (χ1v) is 10.3. The molecule has 0 bridgehead atoms. The lowest BCUT2D eigenvalue weighted by Gasteiger charge is -2.15. The lowest BCUT2D eigenvalue weighted by Crippen LogP contribution is -2.19. The molecule has 138 valence electrons. The molecule has 5 nitrogen and oxygen atoms in total. The molecule has 0 atom stereocenters. The van der Waals surface area contributed by atoms with Gasteiger partial charge in [0.25, 0.3) is 0 Å². The summed E-state index contributed by atoms with van der Waals surface area (Å²) in [6.45, 7) is 4.50. The first-order valence-electron chi connectivity index (χ1n) is 8.54. The number of thioether (sulfide) groups is 1. The van der Waals surface area contributed by atoms with E-state index in [0.29, 0.717) is 6.61 Å². The SMILES string of the molecule is Cc1ccc(CN(C)Cc2nnc(SCCOc3ccccc3)n2C)s1. The van der Waals surface area contributed by atoms with Gasteiger partial charge in [-0.05, 0) is 38.2 Å². The van der Waals surface area contributed by atoms with E-state index < -0.39 is 0 Å². The number of thiophene rings is 1. The molecule has 0 fully saturated rings. The molecule has 26 heavy (non-hydrogen) atoms. The molecular weight excluding hydrogens is 364 g/mol. The van der Waals surface area contributed by atoms with Gasteiger partial charge in [0.15, 0.2) is 5.16 Å². The number of hydrogen-bond donors (Lipinski definition) is 0. The predicted octanol–water partition coefficient (Wildman–Crippen LogP) is 3.99. The van der Waals surface area contributed by atoms with Crippen molar-refractivity contribution >= 4 is 23.1 Å². The molecule has 2 heterocycles. The third kappa shape index (κ3) is 5.33. The molecule has 7 heteroatoms. The molecule has 0 saturated carbocycles. The van der Waals surface area contributed by atoms with Gasteiger partial charge < -0.3 is 9.30 Å². The fraction of sp³-hybridized carbons (Fsp3) is 0.368. The maximum absolute atomic E-state index is 5.72. The van der Waals surface area contributed by atoms with Gasteiger partial charge in [-0.15, -0.1) is 21.5 Å². The molecule has 0 N–H and O–H groups in total. The first-order chi connectivity index (χ1) is 12.6. The highest BCUT2D eigenvalue weighted by Crippen LogP contribution is 2.19. The second-order valence-electron chi connectivity index (χ2n) is 6.15. The van der Waals surface area contributed by atoms with Gasteiger partial charge in [0.1, 0.15) is 11.6 Å². The predicted molar refractivity (Wildman–Crippen MR) is 108 cm³/mol. The number of rotatable bonds is 9. The fourth-order valence-electron chi connectivity index (χ4n) is 2.55. The second kappa shape index (κ2) is 9.21. The van der Waals surface area contributed by atoms with Crippen LogP contribution in [-0.2, 0) is 20.1 Å². The Kier molecular flexibility index (Phi) is 6.71. The second-order valence-corrected chi connectivity index (χ2v) is 8.59. The molecule has 0 aliphatic rings. The summed E-state index contributed by atoms with van der Waals surface area (Å²) in [4.78, 5) is 4.99. The van der Waals surface area contributed by atoms with Gasteiger partial charge in [-0.1, -0.05) is 30.0 Å². The minimum absolute atomic E-state index is 0.647. The Morgan fingerprint density at radius 2 is 1.92 bits per heavy atom. The van der Waals surface area contributed by atoms with Crippen molar-refractivity contribution in [3.05, 3.63) is 58.0 Å². The fourth-order valence-corrected chi connectivity index (χ4v) is 4.27. The highest BCUT2D eigenvalue weighted by Gasteiger charge is 2.12. The average molecular weight is 389 g/mol. The minimum atomic E-state index is 0.647. The third-order valence-electron chi connectivity index (χ3n) is 3.88. The van der Waals surface area contributed by atoms with Crippen molar-refractivity contribution < 1.29 is 4.74 Å². The van der Waals surface area contributed by atoms with Crippen LogP contribution in [0.15, 0.2) is 47.6 Å². The zero-order valence-corrected chi connectivity index (χ0v) is 17.0. The summed E-state index contributed by atoms with van der Waals surface area (Å²) in [5.74, 6) is 2.72. The van der Waals surface area contributed by atoms with Crippen LogP contribution in [0.3, 0.4) is 0 Å². The van der Waals surface area contributed by atoms with Gasteiger partial charge in [-0.3, -0.25) is 4.90 Å². The first kappa shape index (κ1) is 18.9. The van der Waals surface area contributed by atoms with Crippen LogP contribution in [0.2, 0.25) is 0 Å². The van der Waals surface area contributed by atoms with Crippen LogP contribution < -0.4 is 4.74 Å². The molecule has 3 rings (SSSR count). The Labute approximate surface area is 163 Å². The third-order valence-corrected chi connectivity index (χ3v) is 5.85. The summed E-state index contributed by atoms with van der Waals surface area (Å²) in [6, 6.07) is 14.2. The van der Waals surface area contributed by atoms with Gasteiger partial charge in [-0.2, -0.15) is 0 Å². The molecular formula is C19H24N4OS2. The molecule has 0 saturated heterocycles. The zero-order valence-electron chi connectivity index (χ0n) is 15.4. The molecule has 0 aliphatic carbocycles. The highest BCUT2D eigenvalue weighted by molar-refractivity contribution is 7.99. The van der Waals surface area contributed by atoms with Crippen molar-refractivity contribution in [1.29, 1.82) is 0 Å². The molecule has 3 aromatic rings. The Hall–Kier alpha value is -1.83. The monoisotopic (exact) mass is 388 g/mol. The number of ether oxygens (including phenoxy) is 1. The summed E-state index contributed by atoms with van der Waals surface area (Å²) >= 11 is 3.51. The summed E-state index contributed by atoms with van der Waals surface area (Å²) in [5, 5.41) is 9.60. The number of hydrogen-bond acceptors (Lipinski definition) is 6. The van der Waals surface area contributed by atoms with Gasteiger partial charge in [0.2, 0.25) is 0 Å². The van der Waals surface area contributed by atoms with Crippen LogP contribution in [0.5, 0.6) is 5.75 Å². The molecule has 0 aliphatic heterocycles. The maximum Gasteiger partial charge on any atom is 0.191 e. The van der Waals surface area contributed by atoms with E-state index in [1.165, 1.54) is 9.75 Å². The van der Waals surface area contributed by atoms with Crippen molar-refractivity contribution in [2.45, 2.75) is 25.2 Å². The van der Waals surface area contributed by atoms with Crippen molar-refractivity contribution in [1.82, 2.24) is 19.7 Å². The largest absolute Gasteiger partial charge is 0.493 e. The van der Waals surface area contributed by atoms with E-state index in [-0.39, 0.29) is 0 Å². The molecule has 0 radical (unpaired) electrons. The smallest absolute Gasteiger partial charge is 0.191 e. The standard InChI is InChI=1S/C19H24N4OS2/c1-15-9-10-17(26-15)13-22(2)14-18-20-21-19(23(18)3)25-12-11-24-16-7-5-4-6-8-16/h4-10H,11-14H2,1-3H3. The van der Waals surface area contributed by atoms with Gasteiger partial charge in [0.05, 0.1) is 13.2 Å². The average Bonchev–Trinajstić information content (AvgIpc) is 3.19. The van der Waals surface area contributed by atoms with Crippen molar-refractivity contribution in [3.8, 4) is 5.75 Å². The van der Waals surface area contributed by atoms with Crippen LogP contribution >= 0.6 is 23.1 Å². The van der Waals surface area contributed by atoms with Crippen molar-refractivity contribution in [2.24, 2.45) is 7.05 Å². The Morgan fingerprint density at radius 1 is 1.12 bits per heavy atom. The van der Waals surface area contributed by atoms with Crippen molar-refractivity contribution in [2.75, 3.05) is 19.4 Å². The number of benzene rings is 1. The summed E-state index contributed by atoms with van der Waals surface area (Å²) in [5.41, 5.74) is 0. The summed E-state index contributed by atoms with van der Waals surface area (Å²) < 4.78 is 7.79. The molecule has 0 unspecified atom stereocenters. The van der Waals surface area contributed by atoms with Crippen LogP contribution in [0.1, 0.15) is 15.6 Å². The molecule has 0 spiro atoms. The Balaban J connectivity index is 1.46. The Morgan fingerprint density at radius 3 is 2.65 bits per heavy atom. The molecule has 0 amide bonds. The maximum atomic E-state index is 5.72. The van der Waals surface area contributed by atoms with Crippen LogP contribution in [0.25, 0.3) is 0 Å². The highest BCUT2D eigenvalue weighted by atomic mass is 32.2. The number of aryl methyl sites for hydroxylation is 1. The van der Waals surface area contributed by atoms with Crippen LogP contribution in [-0.4, -0.2) is 39.1 Å². The number of nitrogens with zero attached hydrogens (tertiary/aromatic N) is 4. The number of para-hydroxylation sites is 1. The topological polar surface area (TPSA) is 43.2 Å². The van der Waals surface area contributed by atoms with E-state index in [0.717, 1.165) is 35.6 Å². The van der Waals surface area contributed by atoms with E-state index in [1.807, 2.05) is 48.7 Å². The molecule has 1 aromatic carbocycles. The van der Waals surface area contributed by atoms with E-state index in [9.17, 15) is 0 Å². The molecule has 2 aromatic heterocycles. The summed E-state index contributed by atoms with van der Waals surface area (Å²) in [6.07, 6.45) is 0. The normalized spacial score (nSPS) is 11.2. The minimum Gasteiger partial charge on any atom is -0.493 e. The lowest BCUT2D eigenvalue weighted by atomic mass is 10.3. The van der Waals surface area contributed by atoms with Crippen LogP contribution in [0.4, 0.5) is 0 Å². The zero-order chi connectivity index (χ0) is 18.4. The van der Waals surface area contributed by atoms with Gasteiger partial charge in [0, 0.05) is 29.1 Å².